The Kier molecular flexibility index (Phi) is 5.86. The third-order valence-corrected chi connectivity index (χ3v) is 4.51. The van der Waals surface area contributed by atoms with Crippen molar-refractivity contribution in [2.45, 2.75) is 65.1 Å². The van der Waals surface area contributed by atoms with E-state index in [1.165, 1.54) is 9.70 Å². The summed E-state index contributed by atoms with van der Waals surface area (Å²) in [5.41, 5.74) is 1.14. The normalized spacial score (nSPS) is 19.3. The minimum absolute atomic E-state index is 0.240. The molecule has 1 aliphatic rings. The van der Waals surface area contributed by atoms with Crippen LogP contribution in [0.25, 0.3) is 5.69 Å². The van der Waals surface area contributed by atoms with Crippen molar-refractivity contribution in [3.05, 3.63) is 35.7 Å². The number of rotatable bonds is 4. The molecule has 29 heavy (non-hydrogen) atoms. The van der Waals surface area contributed by atoms with Gasteiger partial charge in [-0.3, -0.25) is 4.90 Å². The van der Waals surface area contributed by atoms with E-state index < -0.39 is 29.7 Å². The molecular weight excluding hydrogens is 374 g/mol. The molecule has 9 heteroatoms. The summed E-state index contributed by atoms with van der Waals surface area (Å²) < 4.78 is 10.7. The molecule has 3 rings (SSSR count). The van der Waals surface area contributed by atoms with Crippen LogP contribution in [0, 0.1) is 6.92 Å². The highest BCUT2D eigenvalue weighted by atomic mass is 16.6. The van der Waals surface area contributed by atoms with Crippen molar-refractivity contribution in [1.82, 2.24) is 25.1 Å². The van der Waals surface area contributed by atoms with Crippen LogP contribution in [-0.2, 0) is 14.3 Å². The Morgan fingerprint density at radius 3 is 2.66 bits per heavy atom. The van der Waals surface area contributed by atoms with E-state index in [0.29, 0.717) is 18.7 Å². The average Bonchev–Trinajstić information content (AvgIpc) is 3.27. The molecule has 1 aromatic heterocycles. The van der Waals surface area contributed by atoms with E-state index in [9.17, 15) is 9.59 Å². The maximum absolute atomic E-state index is 12.9. The van der Waals surface area contributed by atoms with Crippen molar-refractivity contribution >= 4 is 12.1 Å². The smallest absolute Gasteiger partial charge is 0.411 e. The van der Waals surface area contributed by atoms with Crippen LogP contribution in [0.3, 0.4) is 0 Å². The van der Waals surface area contributed by atoms with Gasteiger partial charge in [0, 0.05) is 0 Å². The number of aromatic nitrogens is 4. The quantitative estimate of drug-likeness (QED) is 0.726. The van der Waals surface area contributed by atoms with Crippen LogP contribution in [-0.4, -0.2) is 55.4 Å². The van der Waals surface area contributed by atoms with E-state index in [-0.39, 0.29) is 6.61 Å². The van der Waals surface area contributed by atoms with E-state index in [4.69, 9.17) is 9.47 Å². The van der Waals surface area contributed by atoms with E-state index in [1.54, 1.807) is 27.7 Å². The number of esters is 1. The molecule has 0 N–H and O–H groups in total. The molecule has 0 aliphatic carbocycles. The molecule has 156 valence electrons. The fourth-order valence-electron chi connectivity index (χ4n) is 3.32. The van der Waals surface area contributed by atoms with Crippen LogP contribution < -0.4 is 0 Å². The predicted molar refractivity (Wildman–Crippen MR) is 104 cm³/mol. The van der Waals surface area contributed by atoms with Gasteiger partial charge in [-0.15, -0.1) is 15.0 Å². The fourth-order valence-corrected chi connectivity index (χ4v) is 3.32. The summed E-state index contributed by atoms with van der Waals surface area (Å²) in [4.78, 5) is 28.1. The van der Waals surface area contributed by atoms with Gasteiger partial charge in [-0.25, -0.2) is 9.59 Å². The summed E-state index contributed by atoms with van der Waals surface area (Å²) in [5.74, 6) is -0.0869. The number of aryl methyl sites for hydroxylation is 1. The number of benzene rings is 1. The molecule has 2 aromatic rings. The predicted octanol–water partition coefficient (Wildman–Crippen LogP) is 2.97. The molecule has 0 unspecified atom stereocenters. The number of hydrogen-bond donors (Lipinski definition) is 0. The molecule has 1 aliphatic heterocycles. The van der Waals surface area contributed by atoms with Gasteiger partial charge in [-0.2, -0.15) is 0 Å². The number of ether oxygens (including phenoxy) is 2. The first-order chi connectivity index (χ1) is 13.7. The lowest BCUT2D eigenvalue weighted by molar-refractivity contribution is -0.148. The lowest BCUT2D eigenvalue weighted by Crippen LogP contribution is -2.45. The number of hydrogen-bond acceptors (Lipinski definition) is 7. The topological polar surface area (TPSA) is 99.4 Å². The minimum atomic E-state index is -0.735. The molecule has 0 bridgehead atoms. The summed E-state index contributed by atoms with van der Waals surface area (Å²) in [7, 11) is 0. The Bertz CT molecular complexity index is 889. The standard InChI is InChI=1S/C20H27N5O4/c1-6-28-18(26)16-11-10-15(24(16)19(27)29-20(3,4)5)17-21-23-25(22-17)14-9-7-8-13(2)12-14/h7-9,12,15-16H,6,10-11H2,1-5H3/t15-,16+/m1/s1. The molecule has 2 heterocycles. The Labute approximate surface area is 170 Å². The van der Waals surface area contributed by atoms with Crippen molar-refractivity contribution in [2.75, 3.05) is 6.61 Å². The number of likely N-dealkylation sites (tertiary alicyclic amines) is 1. The molecule has 1 amide bonds. The summed E-state index contributed by atoms with van der Waals surface area (Å²) in [6, 6.07) is 6.45. The van der Waals surface area contributed by atoms with Gasteiger partial charge >= 0.3 is 12.1 Å². The largest absolute Gasteiger partial charge is 0.464 e. The van der Waals surface area contributed by atoms with Crippen LogP contribution >= 0.6 is 0 Å². The summed E-state index contributed by atoms with van der Waals surface area (Å²) >= 11 is 0. The van der Waals surface area contributed by atoms with Gasteiger partial charge in [0.2, 0.25) is 0 Å². The maximum atomic E-state index is 12.9. The van der Waals surface area contributed by atoms with Gasteiger partial charge in [0.1, 0.15) is 11.6 Å². The third-order valence-electron chi connectivity index (χ3n) is 4.51. The molecule has 1 aromatic carbocycles. The lowest BCUT2D eigenvalue weighted by Gasteiger charge is -2.30. The molecular formula is C20H27N5O4. The zero-order valence-electron chi connectivity index (χ0n) is 17.5. The first kappa shape index (κ1) is 20.8. The van der Waals surface area contributed by atoms with Crippen LogP contribution in [0.2, 0.25) is 0 Å². The molecule has 1 saturated heterocycles. The second-order valence-corrected chi connectivity index (χ2v) is 8.02. The van der Waals surface area contributed by atoms with Crippen molar-refractivity contribution in [1.29, 1.82) is 0 Å². The highest BCUT2D eigenvalue weighted by Crippen LogP contribution is 2.36. The van der Waals surface area contributed by atoms with Gasteiger partial charge in [-0.05, 0) is 70.4 Å². The summed E-state index contributed by atoms with van der Waals surface area (Å²) in [6.07, 6.45) is 0.370. The first-order valence-corrected chi connectivity index (χ1v) is 9.74. The molecule has 0 spiro atoms. The van der Waals surface area contributed by atoms with Crippen LogP contribution in [0.1, 0.15) is 58.0 Å². The third kappa shape index (κ3) is 4.72. The summed E-state index contributed by atoms with van der Waals surface area (Å²) in [5, 5.41) is 12.7. The van der Waals surface area contributed by atoms with E-state index in [2.05, 4.69) is 15.4 Å². The number of amides is 1. The Balaban J connectivity index is 1.90. The highest BCUT2D eigenvalue weighted by Gasteiger charge is 2.46. The Hall–Kier alpha value is -2.97. The van der Waals surface area contributed by atoms with Gasteiger partial charge < -0.3 is 9.47 Å². The number of carbonyl (C=O) groups excluding carboxylic acids is 2. The number of nitrogens with zero attached hydrogens (tertiary/aromatic N) is 5. The Morgan fingerprint density at radius 1 is 1.24 bits per heavy atom. The molecule has 0 radical (unpaired) electrons. The van der Waals surface area contributed by atoms with E-state index in [0.717, 1.165) is 11.3 Å². The van der Waals surface area contributed by atoms with Crippen LogP contribution in [0.4, 0.5) is 4.79 Å². The van der Waals surface area contributed by atoms with Gasteiger partial charge in [-0.1, -0.05) is 12.1 Å². The number of carbonyl (C=O) groups is 2. The van der Waals surface area contributed by atoms with Gasteiger partial charge in [0.15, 0.2) is 5.82 Å². The maximum Gasteiger partial charge on any atom is 0.411 e. The van der Waals surface area contributed by atoms with Crippen molar-refractivity contribution < 1.29 is 19.1 Å². The monoisotopic (exact) mass is 401 g/mol. The van der Waals surface area contributed by atoms with Gasteiger partial charge in [0.25, 0.3) is 0 Å². The van der Waals surface area contributed by atoms with Crippen LogP contribution in [0.5, 0.6) is 0 Å². The first-order valence-electron chi connectivity index (χ1n) is 9.74. The minimum Gasteiger partial charge on any atom is -0.464 e. The summed E-state index contributed by atoms with van der Waals surface area (Å²) in [6.45, 7) is 9.29. The lowest BCUT2D eigenvalue weighted by atomic mass is 10.2. The molecule has 1 fully saturated rings. The van der Waals surface area contributed by atoms with Gasteiger partial charge in [0.05, 0.1) is 18.3 Å². The Morgan fingerprint density at radius 2 is 2.00 bits per heavy atom. The zero-order chi connectivity index (χ0) is 21.2. The fraction of sp³-hybridized carbons (Fsp3) is 0.550. The average molecular weight is 401 g/mol. The SMILES string of the molecule is CCOC(=O)[C@@H]1CC[C@H](c2nnn(-c3cccc(C)c3)n2)N1C(=O)OC(C)(C)C. The molecule has 0 saturated carbocycles. The second kappa shape index (κ2) is 8.18. The van der Waals surface area contributed by atoms with E-state index >= 15 is 0 Å². The molecule has 2 atom stereocenters. The van der Waals surface area contributed by atoms with Crippen molar-refractivity contribution in [2.24, 2.45) is 0 Å². The molecule has 9 nitrogen and oxygen atoms in total. The highest BCUT2D eigenvalue weighted by molar-refractivity contribution is 5.82. The van der Waals surface area contributed by atoms with Crippen molar-refractivity contribution in [3.63, 3.8) is 0 Å². The zero-order valence-corrected chi connectivity index (χ0v) is 17.5. The number of tetrazole rings is 1. The van der Waals surface area contributed by atoms with E-state index in [1.807, 2.05) is 31.2 Å². The second-order valence-electron chi connectivity index (χ2n) is 8.02. The van der Waals surface area contributed by atoms with Crippen LogP contribution in [0.15, 0.2) is 24.3 Å². The van der Waals surface area contributed by atoms with Crippen molar-refractivity contribution in [3.8, 4) is 5.69 Å².